The van der Waals surface area contributed by atoms with Crippen molar-refractivity contribution in [3.63, 3.8) is 0 Å². The van der Waals surface area contributed by atoms with E-state index < -0.39 is 22.0 Å². The molecular weight excluding hydrogens is 486 g/mol. The van der Waals surface area contributed by atoms with Gasteiger partial charge in [-0.2, -0.15) is 0 Å². The molecule has 2 aliphatic rings. The highest BCUT2D eigenvalue weighted by Gasteiger charge is 2.47. The Hall–Kier alpha value is -3.78. The van der Waals surface area contributed by atoms with Crippen LogP contribution in [-0.4, -0.2) is 25.8 Å². The van der Waals surface area contributed by atoms with Crippen molar-refractivity contribution >= 4 is 44.5 Å². The Bertz CT molecular complexity index is 1500. The SMILES string of the molecule is CC(=O)N1c2ccccc2N=C2CC(C)(C)CC(=O)C2C1c1ccc(NS(=O)(=O)c2ccccc2)cc1. The van der Waals surface area contributed by atoms with Gasteiger partial charge in [-0.3, -0.25) is 19.3 Å². The predicted octanol–water partition coefficient (Wildman–Crippen LogP) is 5.67. The van der Waals surface area contributed by atoms with Gasteiger partial charge in [0.05, 0.1) is 28.2 Å². The zero-order chi connectivity index (χ0) is 26.4. The summed E-state index contributed by atoms with van der Waals surface area (Å²) >= 11 is 0. The van der Waals surface area contributed by atoms with Crippen LogP contribution in [-0.2, 0) is 19.6 Å². The smallest absolute Gasteiger partial charge is 0.261 e. The molecule has 1 heterocycles. The van der Waals surface area contributed by atoms with Crippen molar-refractivity contribution < 1.29 is 18.0 Å². The molecule has 1 amide bonds. The van der Waals surface area contributed by atoms with Gasteiger partial charge in [-0.15, -0.1) is 0 Å². The molecule has 0 spiro atoms. The number of para-hydroxylation sites is 2. The van der Waals surface area contributed by atoms with E-state index >= 15 is 0 Å². The van der Waals surface area contributed by atoms with Crippen LogP contribution in [0.4, 0.5) is 17.1 Å². The molecule has 0 radical (unpaired) electrons. The van der Waals surface area contributed by atoms with E-state index in [9.17, 15) is 18.0 Å². The molecule has 190 valence electrons. The van der Waals surface area contributed by atoms with Gasteiger partial charge in [0.15, 0.2) is 0 Å². The first kappa shape index (κ1) is 24.9. The summed E-state index contributed by atoms with van der Waals surface area (Å²) in [5, 5.41) is 0. The third-order valence-corrected chi connectivity index (χ3v) is 8.31. The fourth-order valence-electron chi connectivity index (χ4n) is 5.38. The average molecular weight is 516 g/mol. The van der Waals surface area contributed by atoms with Crippen molar-refractivity contribution in [2.75, 3.05) is 9.62 Å². The van der Waals surface area contributed by atoms with E-state index in [1.54, 1.807) is 47.4 Å². The number of Topliss-reactive ketones (excluding diaryl/α,β-unsaturated/α-hetero) is 1. The van der Waals surface area contributed by atoms with Crippen molar-refractivity contribution in [1.82, 2.24) is 0 Å². The zero-order valence-electron chi connectivity index (χ0n) is 21.0. The second kappa shape index (κ2) is 9.27. The number of ketones is 1. The maximum absolute atomic E-state index is 13.6. The first-order valence-corrected chi connectivity index (χ1v) is 13.7. The second-order valence-electron chi connectivity index (χ2n) is 10.4. The fourth-order valence-corrected chi connectivity index (χ4v) is 6.46. The van der Waals surface area contributed by atoms with Crippen LogP contribution in [0.15, 0.2) is 88.8 Å². The molecule has 2 atom stereocenters. The van der Waals surface area contributed by atoms with E-state index in [1.165, 1.54) is 19.1 Å². The van der Waals surface area contributed by atoms with E-state index in [-0.39, 0.29) is 22.0 Å². The van der Waals surface area contributed by atoms with Crippen LogP contribution in [0.5, 0.6) is 0 Å². The molecule has 2 unspecified atom stereocenters. The number of aliphatic imine (C=N–C) groups is 1. The number of nitrogens with zero attached hydrogens (tertiary/aromatic N) is 2. The summed E-state index contributed by atoms with van der Waals surface area (Å²) < 4.78 is 28.2. The van der Waals surface area contributed by atoms with Crippen LogP contribution in [0, 0.1) is 11.3 Å². The number of carbonyl (C=O) groups is 2. The Kier molecular flexibility index (Phi) is 6.23. The Morgan fingerprint density at radius 1 is 0.946 bits per heavy atom. The highest BCUT2D eigenvalue weighted by Crippen LogP contribution is 2.48. The minimum Gasteiger partial charge on any atom is -0.302 e. The highest BCUT2D eigenvalue weighted by molar-refractivity contribution is 7.92. The number of amides is 1. The van der Waals surface area contributed by atoms with E-state index in [0.29, 0.717) is 29.9 Å². The fraction of sp³-hybridized carbons (Fsp3) is 0.276. The quantitative estimate of drug-likeness (QED) is 0.484. The van der Waals surface area contributed by atoms with Gasteiger partial charge in [-0.25, -0.2) is 8.42 Å². The third-order valence-electron chi connectivity index (χ3n) is 6.91. The van der Waals surface area contributed by atoms with Gasteiger partial charge in [0.2, 0.25) is 5.91 Å². The number of carbonyl (C=O) groups excluding carboxylic acids is 2. The molecule has 0 saturated heterocycles. The Morgan fingerprint density at radius 2 is 1.59 bits per heavy atom. The van der Waals surface area contributed by atoms with Crippen LogP contribution in [0.1, 0.15) is 45.2 Å². The summed E-state index contributed by atoms with van der Waals surface area (Å²) in [6, 6.07) is 21.9. The monoisotopic (exact) mass is 515 g/mol. The van der Waals surface area contributed by atoms with E-state index in [0.717, 1.165) is 11.3 Å². The van der Waals surface area contributed by atoms with E-state index in [2.05, 4.69) is 18.6 Å². The summed E-state index contributed by atoms with van der Waals surface area (Å²) in [4.78, 5) is 33.4. The normalized spacial score (nSPS) is 20.8. The summed E-state index contributed by atoms with van der Waals surface area (Å²) in [5.74, 6) is -0.732. The van der Waals surface area contributed by atoms with Gasteiger partial charge in [0.1, 0.15) is 5.78 Å². The molecule has 37 heavy (non-hydrogen) atoms. The van der Waals surface area contributed by atoms with E-state index in [1.807, 2.05) is 24.3 Å². The van der Waals surface area contributed by atoms with Gasteiger partial charge < -0.3 is 4.90 Å². The van der Waals surface area contributed by atoms with Gasteiger partial charge in [-0.1, -0.05) is 56.3 Å². The number of hydrogen-bond acceptors (Lipinski definition) is 5. The molecule has 5 rings (SSSR count). The van der Waals surface area contributed by atoms with E-state index in [4.69, 9.17) is 4.99 Å². The number of nitrogens with one attached hydrogen (secondary N) is 1. The van der Waals surface area contributed by atoms with Crippen molar-refractivity contribution in [2.45, 2.75) is 44.6 Å². The van der Waals surface area contributed by atoms with Crippen LogP contribution < -0.4 is 9.62 Å². The van der Waals surface area contributed by atoms with Crippen LogP contribution in [0.3, 0.4) is 0 Å². The number of anilines is 2. The van der Waals surface area contributed by atoms with Gasteiger partial charge >= 0.3 is 0 Å². The first-order valence-electron chi connectivity index (χ1n) is 12.2. The topological polar surface area (TPSA) is 95.9 Å². The van der Waals surface area contributed by atoms with Crippen LogP contribution in [0.2, 0.25) is 0 Å². The molecule has 1 N–H and O–H groups in total. The van der Waals surface area contributed by atoms with Crippen LogP contribution in [0.25, 0.3) is 0 Å². The first-order chi connectivity index (χ1) is 17.6. The molecule has 3 aromatic rings. The van der Waals surface area contributed by atoms with Gasteiger partial charge in [0, 0.05) is 24.7 Å². The van der Waals surface area contributed by atoms with Gasteiger partial charge in [-0.05, 0) is 53.8 Å². The standard InChI is InChI=1S/C29H29N3O4S/c1-19(33)32-25-12-8-7-11-23(25)30-24-17-29(2,3)18-26(34)27(24)28(32)20-13-15-21(16-14-20)31-37(35,36)22-9-5-4-6-10-22/h4-16,27-28,31H,17-18H2,1-3H3. The lowest BCUT2D eigenvalue weighted by Crippen LogP contribution is -2.46. The Morgan fingerprint density at radius 3 is 2.27 bits per heavy atom. The largest absolute Gasteiger partial charge is 0.302 e. The number of sulfonamides is 1. The molecule has 1 aliphatic heterocycles. The van der Waals surface area contributed by atoms with Gasteiger partial charge in [0.25, 0.3) is 10.0 Å². The lowest BCUT2D eigenvalue weighted by atomic mass is 9.68. The van der Waals surface area contributed by atoms with Crippen LogP contribution >= 0.6 is 0 Å². The molecular formula is C29H29N3O4S. The summed E-state index contributed by atoms with van der Waals surface area (Å²) in [7, 11) is -3.75. The number of rotatable bonds is 4. The third kappa shape index (κ3) is 4.81. The van der Waals surface area contributed by atoms with Crippen molar-refractivity contribution in [3.8, 4) is 0 Å². The lowest BCUT2D eigenvalue weighted by molar-refractivity contribution is -0.124. The zero-order valence-corrected chi connectivity index (χ0v) is 21.8. The highest BCUT2D eigenvalue weighted by atomic mass is 32.2. The predicted molar refractivity (Wildman–Crippen MR) is 145 cm³/mol. The minimum atomic E-state index is -3.75. The Labute approximate surface area is 217 Å². The van der Waals surface area contributed by atoms with Crippen molar-refractivity contribution in [2.24, 2.45) is 16.3 Å². The number of benzene rings is 3. The molecule has 8 heteroatoms. The maximum Gasteiger partial charge on any atom is 0.261 e. The number of hydrogen-bond donors (Lipinski definition) is 1. The van der Waals surface area contributed by atoms with Crippen molar-refractivity contribution in [3.05, 3.63) is 84.4 Å². The summed E-state index contributed by atoms with van der Waals surface area (Å²) in [5.41, 5.74) is 2.99. The second-order valence-corrected chi connectivity index (χ2v) is 12.1. The Balaban J connectivity index is 1.57. The molecule has 3 aromatic carbocycles. The molecule has 7 nitrogen and oxygen atoms in total. The van der Waals surface area contributed by atoms with Crippen molar-refractivity contribution in [1.29, 1.82) is 0 Å². The summed E-state index contributed by atoms with van der Waals surface area (Å²) in [6.07, 6.45) is 1.04. The maximum atomic E-state index is 13.6. The number of fused-ring (bicyclic) bond motifs is 2. The molecule has 0 bridgehead atoms. The minimum absolute atomic E-state index is 0.0490. The molecule has 0 aromatic heterocycles. The lowest BCUT2D eigenvalue weighted by Gasteiger charge is -2.40. The summed E-state index contributed by atoms with van der Waals surface area (Å²) in [6.45, 7) is 5.62. The molecule has 1 saturated carbocycles. The molecule has 1 aliphatic carbocycles. The average Bonchev–Trinajstić information content (AvgIpc) is 2.98. The molecule has 1 fully saturated rings.